The third-order valence-corrected chi connectivity index (χ3v) is 3.06. The monoisotopic (exact) mass is 308 g/mol. The molecule has 2 aromatic rings. The highest BCUT2D eigenvalue weighted by Gasteiger charge is 2.09. The first-order valence-corrected chi connectivity index (χ1v) is 6.92. The number of rotatable bonds is 5. The highest BCUT2D eigenvalue weighted by molar-refractivity contribution is 7.80. The molecule has 3 N–H and O–H groups in total. The summed E-state index contributed by atoms with van der Waals surface area (Å²) in [5.74, 6) is -0.302. The van der Waals surface area contributed by atoms with E-state index in [2.05, 4.69) is 10.4 Å². The lowest BCUT2D eigenvalue weighted by Gasteiger charge is -2.09. The van der Waals surface area contributed by atoms with Gasteiger partial charge in [-0.25, -0.2) is 4.39 Å². The maximum atomic E-state index is 13.9. The average Bonchev–Trinajstić information content (AvgIpc) is 2.78. The first kappa shape index (κ1) is 15.2. The van der Waals surface area contributed by atoms with Crippen molar-refractivity contribution in [3.8, 4) is 5.75 Å². The summed E-state index contributed by atoms with van der Waals surface area (Å²) in [5.41, 5.74) is 7.64. The fourth-order valence-electron chi connectivity index (χ4n) is 1.86. The Morgan fingerprint density at radius 2 is 2.29 bits per heavy atom. The number of hydrogen-bond acceptors (Lipinski definition) is 3. The largest absolute Gasteiger partial charge is 0.486 e. The van der Waals surface area contributed by atoms with Gasteiger partial charge in [0.05, 0.1) is 5.69 Å². The molecule has 2 rings (SSSR count). The predicted molar refractivity (Wildman–Crippen MR) is 83.8 cm³/mol. The van der Waals surface area contributed by atoms with Gasteiger partial charge in [-0.05, 0) is 38.2 Å². The highest BCUT2D eigenvalue weighted by atomic mass is 32.1. The zero-order chi connectivity index (χ0) is 15.4. The Hall–Kier alpha value is -2.15. The minimum Gasteiger partial charge on any atom is -0.486 e. The average molecular weight is 308 g/mol. The van der Waals surface area contributed by atoms with Crippen LogP contribution in [-0.2, 0) is 13.2 Å². The van der Waals surface area contributed by atoms with Gasteiger partial charge in [-0.1, -0.05) is 0 Å². The zero-order valence-electron chi connectivity index (χ0n) is 11.9. The number of halogens is 1. The van der Waals surface area contributed by atoms with Crippen molar-refractivity contribution in [3.05, 3.63) is 41.5 Å². The van der Waals surface area contributed by atoms with Crippen LogP contribution < -0.4 is 15.8 Å². The van der Waals surface area contributed by atoms with Crippen molar-refractivity contribution in [3.63, 3.8) is 0 Å². The van der Waals surface area contributed by atoms with E-state index >= 15 is 0 Å². The van der Waals surface area contributed by atoms with Crippen LogP contribution in [0.25, 0.3) is 0 Å². The van der Waals surface area contributed by atoms with Gasteiger partial charge in [-0.15, -0.1) is 0 Å². The second-order valence-corrected chi connectivity index (χ2v) is 4.96. The maximum Gasteiger partial charge on any atom is 0.168 e. The highest BCUT2D eigenvalue weighted by Crippen LogP contribution is 2.22. The fourth-order valence-corrected chi connectivity index (χ4v) is 1.97. The molecule has 0 bridgehead atoms. The number of aryl methyl sites for hydroxylation is 2. The van der Waals surface area contributed by atoms with Gasteiger partial charge in [-0.2, -0.15) is 5.10 Å². The van der Waals surface area contributed by atoms with Gasteiger partial charge < -0.3 is 15.8 Å². The normalized spacial score (nSPS) is 10.4. The molecule has 0 amide bonds. The SMILES string of the molecule is CCn1cc(COc2ccc(NC(N)=S)cc2F)c(C)n1. The van der Waals surface area contributed by atoms with Gasteiger partial charge in [0.1, 0.15) is 6.61 Å². The summed E-state index contributed by atoms with van der Waals surface area (Å²) >= 11 is 4.70. The van der Waals surface area contributed by atoms with E-state index in [1.165, 1.54) is 12.1 Å². The first-order chi connectivity index (χ1) is 9.99. The number of thiocarbonyl (C=S) groups is 1. The van der Waals surface area contributed by atoms with Gasteiger partial charge in [0.15, 0.2) is 16.7 Å². The quantitative estimate of drug-likeness (QED) is 0.831. The van der Waals surface area contributed by atoms with E-state index in [0.717, 1.165) is 17.8 Å². The topological polar surface area (TPSA) is 65.1 Å². The molecule has 0 saturated carbocycles. The lowest BCUT2D eigenvalue weighted by molar-refractivity contribution is 0.289. The predicted octanol–water partition coefficient (Wildman–Crippen LogP) is 2.59. The number of nitrogens with zero attached hydrogens (tertiary/aromatic N) is 2. The van der Waals surface area contributed by atoms with E-state index in [0.29, 0.717) is 5.69 Å². The third-order valence-electron chi connectivity index (χ3n) is 2.95. The molecular formula is C14H17FN4OS. The van der Waals surface area contributed by atoms with Gasteiger partial charge in [0.2, 0.25) is 0 Å². The molecule has 0 aliphatic heterocycles. The van der Waals surface area contributed by atoms with Crippen LogP contribution in [0.2, 0.25) is 0 Å². The maximum absolute atomic E-state index is 13.9. The van der Waals surface area contributed by atoms with Crippen molar-refractivity contribution in [1.82, 2.24) is 9.78 Å². The van der Waals surface area contributed by atoms with Crippen LogP contribution in [0.4, 0.5) is 10.1 Å². The second-order valence-electron chi connectivity index (χ2n) is 4.52. The summed E-state index contributed by atoms with van der Waals surface area (Å²) in [6, 6.07) is 4.48. The minimum absolute atomic E-state index is 0.0886. The molecule has 0 saturated heterocycles. The van der Waals surface area contributed by atoms with Crippen LogP contribution in [0.3, 0.4) is 0 Å². The van der Waals surface area contributed by atoms with Crippen LogP contribution in [0.15, 0.2) is 24.4 Å². The fraction of sp³-hybridized carbons (Fsp3) is 0.286. The molecule has 0 unspecified atom stereocenters. The summed E-state index contributed by atoms with van der Waals surface area (Å²) in [6.07, 6.45) is 1.90. The number of anilines is 1. The number of ether oxygens (including phenoxy) is 1. The van der Waals surface area contributed by atoms with Crippen molar-refractivity contribution in [1.29, 1.82) is 0 Å². The second kappa shape index (κ2) is 6.53. The Morgan fingerprint density at radius 1 is 1.52 bits per heavy atom. The van der Waals surface area contributed by atoms with Gasteiger partial charge in [0, 0.05) is 30.1 Å². The Kier molecular flexibility index (Phi) is 4.74. The smallest absolute Gasteiger partial charge is 0.168 e. The summed E-state index contributed by atoms with van der Waals surface area (Å²) in [4.78, 5) is 0. The molecule has 7 heteroatoms. The molecule has 1 heterocycles. The molecule has 0 aliphatic rings. The Labute approximate surface area is 127 Å². The summed E-state index contributed by atoms with van der Waals surface area (Å²) in [5, 5.41) is 7.07. The molecule has 0 atom stereocenters. The Bertz CT molecular complexity index is 656. The van der Waals surface area contributed by atoms with Crippen molar-refractivity contribution in [2.45, 2.75) is 27.0 Å². The van der Waals surface area contributed by atoms with Crippen LogP contribution in [0.1, 0.15) is 18.2 Å². The molecule has 5 nitrogen and oxygen atoms in total. The lowest BCUT2D eigenvalue weighted by Crippen LogP contribution is -2.18. The molecule has 0 radical (unpaired) electrons. The standard InChI is InChI=1S/C14H17FN4OS/c1-3-19-7-10(9(2)18-19)8-20-13-5-4-11(6-12(13)15)17-14(16)21/h4-7H,3,8H2,1-2H3,(H3,16,17,21). The molecule has 1 aromatic heterocycles. The van der Waals surface area contributed by atoms with Gasteiger partial charge in [0.25, 0.3) is 0 Å². The molecule has 0 spiro atoms. The Morgan fingerprint density at radius 3 is 2.86 bits per heavy atom. The molecule has 1 aromatic carbocycles. The van der Waals surface area contributed by atoms with E-state index in [1.54, 1.807) is 6.07 Å². The molecule has 0 aliphatic carbocycles. The van der Waals surface area contributed by atoms with E-state index in [-0.39, 0.29) is 17.5 Å². The van der Waals surface area contributed by atoms with E-state index in [1.807, 2.05) is 24.7 Å². The van der Waals surface area contributed by atoms with Crippen molar-refractivity contribution < 1.29 is 9.13 Å². The van der Waals surface area contributed by atoms with Crippen molar-refractivity contribution in [2.24, 2.45) is 5.73 Å². The number of benzene rings is 1. The van der Waals surface area contributed by atoms with E-state index < -0.39 is 5.82 Å². The van der Waals surface area contributed by atoms with E-state index in [9.17, 15) is 4.39 Å². The minimum atomic E-state index is -0.475. The number of nitrogens with one attached hydrogen (secondary N) is 1. The van der Waals surface area contributed by atoms with E-state index in [4.69, 9.17) is 22.7 Å². The number of nitrogens with two attached hydrogens (primary N) is 1. The van der Waals surface area contributed by atoms with Crippen molar-refractivity contribution >= 4 is 23.0 Å². The summed E-state index contributed by atoms with van der Waals surface area (Å²) in [7, 11) is 0. The molecular weight excluding hydrogens is 291 g/mol. The lowest BCUT2D eigenvalue weighted by atomic mass is 10.2. The number of aromatic nitrogens is 2. The van der Waals surface area contributed by atoms with Gasteiger partial charge >= 0.3 is 0 Å². The Balaban J connectivity index is 2.06. The molecule has 112 valence electrons. The number of hydrogen-bond donors (Lipinski definition) is 2. The summed E-state index contributed by atoms with van der Waals surface area (Å²) in [6.45, 7) is 4.96. The molecule has 21 heavy (non-hydrogen) atoms. The summed E-state index contributed by atoms with van der Waals surface area (Å²) < 4.78 is 21.2. The van der Waals surface area contributed by atoms with Crippen LogP contribution >= 0.6 is 12.2 Å². The van der Waals surface area contributed by atoms with Crippen LogP contribution in [0.5, 0.6) is 5.75 Å². The third kappa shape index (κ3) is 3.91. The van der Waals surface area contributed by atoms with Crippen LogP contribution in [0, 0.1) is 12.7 Å². The van der Waals surface area contributed by atoms with Crippen LogP contribution in [-0.4, -0.2) is 14.9 Å². The van der Waals surface area contributed by atoms with Gasteiger partial charge in [-0.3, -0.25) is 4.68 Å². The van der Waals surface area contributed by atoms with Crippen molar-refractivity contribution in [2.75, 3.05) is 5.32 Å². The zero-order valence-corrected chi connectivity index (χ0v) is 12.7. The molecule has 0 fully saturated rings. The first-order valence-electron chi connectivity index (χ1n) is 6.51.